The minimum absolute atomic E-state index is 0.266. The number of methoxy groups -OCH3 is 1. The van der Waals surface area contributed by atoms with Crippen LogP contribution in [0.25, 0.3) is 0 Å². The summed E-state index contributed by atoms with van der Waals surface area (Å²) >= 11 is 5.99. The molecule has 0 unspecified atom stereocenters. The van der Waals surface area contributed by atoms with Gasteiger partial charge in [-0.1, -0.05) is 37.6 Å². The van der Waals surface area contributed by atoms with Crippen molar-refractivity contribution in [2.75, 3.05) is 26.8 Å². The lowest BCUT2D eigenvalue weighted by atomic mass is 9.52. The highest BCUT2D eigenvalue weighted by atomic mass is 35.5. The van der Waals surface area contributed by atoms with Crippen LogP contribution in [0.15, 0.2) is 24.3 Å². The Morgan fingerprint density at radius 1 is 1.21 bits per heavy atom. The van der Waals surface area contributed by atoms with Crippen molar-refractivity contribution in [3.05, 3.63) is 34.9 Å². The van der Waals surface area contributed by atoms with E-state index in [0.717, 1.165) is 24.7 Å². The average Bonchev–Trinajstić information content (AvgIpc) is 2.33. The molecular weight excluding hydrogens is 258 g/mol. The minimum atomic E-state index is 0.266. The third kappa shape index (κ3) is 3.50. The van der Waals surface area contributed by atoms with E-state index in [2.05, 4.69) is 31.3 Å². The number of nitrogens with one attached hydrogen (secondary N) is 1. The molecule has 1 saturated carbocycles. The van der Waals surface area contributed by atoms with Crippen LogP contribution in [-0.2, 0) is 10.2 Å². The standard InChI is InChI=1S/C16H24ClNO/c1-15(2)10-16(11-15,12-18-8-9-19-3)13-4-6-14(17)7-5-13/h4-7,18H,8-12H2,1-3H3. The van der Waals surface area contributed by atoms with Crippen molar-refractivity contribution in [1.29, 1.82) is 0 Å². The van der Waals surface area contributed by atoms with E-state index < -0.39 is 0 Å². The minimum Gasteiger partial charge on any atom is -0.383 e. The molecule has 3 heteroatoms. The first-order valence-corrected chi connectivity index (χ1v) is 7.31. The van der Waals surface area contributed by atoms with Crippen molar-refractivity contribution in [3.63, 3.8) is 0 Å². The number of hydrogen-bond acceptors (Lipinski definition) is 2. The smallest absolute Gasteiger partial charge is 0.0587 e. The Kier molecular flexibility index (Phi) is 4.54. The highest BCUT2D eigenvalue weighted by molar-refractivity contribution is 6.30. The van der Waals surface area contributed by atoms with E-state index in [0.29, 0.717) is 5.41 Å². The molecular formula is C16H24ClNO. The van der Waals surface area contributed by atoms with E-state index in [4.69, 9.17) is 16.3 Å². The molecule has 2 rings (SSSR count). The van der Waals surface area contributed by atoms with Gasteiger partial charge in [0, 0.05) is 30.6 Å². The maximum atomic E-state index is 5.99. The van der Waals surface area contributed by atoms with Crippen molar-refractivity contribution in [2.45, 2.75) is 32.1 Å². The van der Waals surface area contributed by atoms with Gasteiger partial charge in [-0.05, 0) is 36.0 Å². The Hall–Kier alpha value is -0.570. The summed E-state index contributed by atoms with van der Waals surface area (Å²) in [4.78, 5) is 0. The molecule has 106 valence electrons. The van der Waals surface area contributed by atoms with Crippen molar-refractivity contribution >= 4 is 11.6 Å². The number of rotatable bonds is 6. The summed E-state index contributed by atoms with van der Waals surface area (Å²) in [5.41, 5.74) is 2.12. The molecule has 0 atom stereocenters. The zero-order valence-corrected chi connectivity index (χ0v) is 12.9. The van der Waals surface area contributed by atoms with Gasteiger partial charge < -0.3 is 10.1 Å². The van der Waals surface area contributed by atoms with Gasteiger partial charge in [0.1, 0.15) is 0 Å². The molecule has 0 saturated heterocycles. The predicted octanol–water partition coefficient (Wildman–Crippen LogP) is 3.63. The Balaban J connectivity index is 2.06. The Morgan fingerprint density at radius 3 is 2.37 bits per heavy atom. The summed E-state index contributed by atoms with van der Waals surface area (Å²) in [6.07, 6.45) is 2.45. The molecule has 1 fully saturated rings. The lowest BCUT2D eigenvalue weighted by Gasteiger charge is -2.54. The third-order valence-electron chi connectivity index (χ3n) is 4.04. The van der Waals surface area contributed by atoms with Crippen LogP contribution in [0, 0.1) is 5.41 Å². The summed E-state index contributed by atoms with van der Waals surface area (Å²) in [5.74, 6) is 0. The largest absolute Gasteiger partial charge is 0.383 e. The molecule has 1 aliphatic carbocycles. The van der Waals surface area contributed by atoms with Crippen LogP contribution in [-0.4, -0.2) is 26.8 Å². The zero-order chi connectivity index (χ0) is 13.9. The summed E-state index contributed by atoms with van der Waals surface area (Å²) < 4.78 is 5.09. The molecule has 0 spiro atoms. The second-order valence-electron chi connectivity index (χ2n) is 6.47. The van der Waals surface area contributed by atoms with Crippen LogP contribution in [0.1, 0.15) is 32.3 Å². The first-order chi connectivity index (χ1) is 8.97. The Labute approximate surface area is 121 Å². The van der Waals surface area contributed by atoms with Gasteiger partial charge in [-0.25, -0.2) is 0 Å². The molecule has 0 aliphatic heterocycles. The number of benzene rings is 1. The van der Waals surface area contributed by atoms with Gasteiger partial charge in [-0.2, -0.15) is 0 Å². The lowest BCUT2D eigenvalue weighted by Crippen LogP contribution is -2.52. The van der Waals surface area contributed by atoms with Crippen LogP contribution >= 0.6 is 11.6 Å². The van der Waals surface area contributed by atoms with Gasteiger partial charge in [0.05, 0.1) is 6.61 Å². The monoisotopic (exact) mass is 281 g/mol. The van der Waals surface area contributed by atoms with Gasteiger partial charge in [-0.15, -0.1) is 0 Å². The normalized spacial score (nSPS) is 20.0. The fraction of sp³-hybridized carbons (Fsp3) is 0.625. The molecule has 1 aromatic carbocycles. The number of halogens is 1. The van der Waals surface area contributed by atoms with Gasteiger partial charge in [0.15, 0.2) is 0 Å². The van der Waals surface area contributed by atoms with Gasteiger partial charge in [0.25, 0.3) is 0 Å². The average molecular weight is 282 g/mol. The fourth-order valence-electron chi connectivity index (χ4n) is 3.52. The van der Waals surface area contributed by atoms with E-state index >= 15 is 0 Å². The van der Waals surface area contributed by atoms with Gasteiger partial charge >= 0.3 is 0 Å². The quantitative estimate of drug-likeness (QED) is 0.804. The summed E-state index contributed by atoms with van der Waals surface area (Å²) in [7, 11) is 1.74. The van der Waals surface area contributed by atoms with Gasteiger partial charge in [0.2, 0.25) is 0 Å². The summed E-state index contributed by atoms with van der Waals surface area (Å²) in [6.45, 7) is 7.38. The molecule has 1 aliphatic rings. The van der Waals surface area contributed by atoms with Crippen LogP contribution < -0.4 is 5.32 Å². The molecule has 19 heavy (non-hydrogen) atoms. The number of ether oxygens (including phenoxy) is 1. The highest BCUT2D eigenvalue weighted by Crippen LogP contribution is 2.55. The first-order valence-electron chi connectivity index (χ1n) is 6.93. The summed E-state index contributed by atoms with van der Waals surface area (Å²) in [6, 6.07) is 8.35. The first kappa shape index (κ1) is 14.8. The highest BCUT2D eigenvalue weighted by Gasteiger charge is 2.49. The number of hydrogen-bond donors (Lipinski definition) is 1. The third-order valence-corrected chi connectivity index (χ3v) is 4.29. The van der Waals surface area contributed by atoms with Crippen molar-refractivity contribution in [3.8, 4) is 0 Å². The fourth-order valence-corrected chi connectivity index (χ4v) is 3.64. The molecule has 1 N–H and O–H groups in total. The molecule has 2 nitrogen and oxygen atoms in total. The van der Waals surface area contributed by atoms with E-state index in [-0.39, 0.29) is 5.41 Å². The van der Waals surface area contributed by atoms with E-state index in [1.54, 1.807) is 7.11 Å². The molecule has 1 aromatic rings. The van der Waals surface area contributed by atoms with E-state index in [9.17, 15) is 0 Å². The van der Waals surface area contributed by atoms with Gasteiger partial charge in [-0.3, -0.25) is 0 Å². The van der Waals surface area contributed by atoms with E-state index in [1.165, 1.54) is 18.4 Å². The topological polar surface area (TPSA) is 21.3 Å². The molecule has 0 bridgehead atoms. The van der Waals surface area contributed by atoms with Crippen molar-refractivity contribution < 1.29 is 4.74 Å². The Morgan fingerprint density at radius 2 is 1.84 bits per heavy atom. The summed E-state index contributed by atoms with van der Waals surface area (Å²) in [5, 5.41) is 4.33. The second kappa shape index (κ2) is 5.82. The predicted molar refractivity (Wildman–Crippen MR) is 80.9 cm³/mol. The van der Waals surface area contributed by atoms with Crippen LogP contribution in [0.5, 0.6) is 0 Å². The van der Waals surface area contributed by atoms with Crippen LogP contribution in [0.4, 0.5) is 0 Å². The zero-order valence-electron chi connectivity index (χ0n) is 12.1. The van der Waals surface area contributed by atoms with Crippen LogP contribution in [0.3, 0.4) is 0 Å². The molecule has 0 amide bonds. The SMILES string of the molecule is COCCNCC1(c2ccc(Cl)cc2)CC(C)(C)C1. The van der Waals surface area contributed by atoms with Crippen LogP contribution in [0.2, 0.25) is 5.02 Å². The maximum absolute atomic E-state index is 5.99. The second-order valence-corrected chi connectivity index (χ2v) is 6.91. The Bertz CT molecular complexity index is 405. The lowest BCUT2D eigenvalue weighted by molar-refractivity contribution is 0.0548. The maximum Gasteiger partial charge on any atom is 0.0587 e. The molecule has 0 heterocycles. The molecule has 0 radical (unpaired) electrons. The van der Waals surface area contributed by atoms with Crippen molar-refractivity contribution in [1.82, 2.24) is 5.32 Å². The molecule has 0 aromatic heterocycles. The van der Waals surface area contributed by atoms with Crippen molar-refractivity contribution in [2.24, 2.45) is 5.41 Å². The van der Waals surface area contributed by atoms with E-state index in [1.807, 2.05) is 12.1 Å².